The van der Waals surface area contributed by atoms with Crippen molar-refractivity contribution in [3.8, 4) is 5.88 Å². The quantitative estimate of drug-likeness (QED) is 0.846. The lowest BCUT2D eigenvalue weighted by molar-refractivity contribution is -0.136. The minimum absolute atomic E-state index is 0.0218. The van der Waals surface area contributed by atoms with Gasteiger partial charge in [0.2, 0.25) is 11.8 Å². The fourth-order valence-corrected chi connectivity index (χ4v) is 3.57. The van der Waals surface area contributed by atoms with E-state index in [0.717, 1.165) is 42.9 Å². The van der Waals surface area contributed by atoms with Gasteiger partial charge in [-0.2, -0.15) is 5.10 Å². The van der Waals surface area contributed by atoms with Gasteiger partial charge in [0.1, 0.15) is 0 Å². The molecule has 0 saturated carbocycles. The Hall–Kier alpha value is -1.56. The number of amides is 1. The molecule has 2 saturated heterocycles. The van der Waals surface area contributed by atoms with Crippen molar-refractivity contribution in [2.45, 2.75) is 32.2 Å². The predicted molar refractivity (Wildman–Crippen MR) is 77.1 cm³/mol. The van der Waals surface area contributed by atoms with Crippen molar-refractivity contribution >= 4 is 5.91 Å². The summed E-state index contributed by atoms with van der Waals surface area (Å²) in [6.07, 6.45) is 2.84. The van der Waals surface area contributed by atoms with Crippen LogP contribution in [0.15, 0.2) is 0 Å². The number of aryl methyl sites for hydroxylation is 2. The third kappa shape index (κ3) is 2.41. The van der Waals surface area contributed by atoms with Crippen molar-refractivity contribution in [2.75, 3.05) is 26.9 Å². The first kappa shape index (κ1) is 14.4. The number of carbonyl (C=O) groups is 1. The van der Waals surface area contributed by atoms with E-state index in [1.54, 1.807) is 11.8 Å². The number of ether oxygens (including phenoxy) is 2. The Morgan fingerprint density at radius 1 is 1.43 bits per heavy atom. The number of hydrogen-bond donors (Lipinski definition) is 0. The van der Waals surface area contributed by atoms with Crippen LogP contribution in [0.2, 0.25) is 0 Å². The number of rotatable bonds is 3. The Kier molecular flexibility index (Phi) is 3.89. The molecule has 2 unspecified atom stereocenters. The number of hydrogen-bond acceptors (Lipinski definition) is 4. The first-order chi connectivity index (χ1) is 10.1. The molecule has 1 amide bonds. The van der Waals surface area contributed by atoms with Crippen LogP contribution in [0, 0.1) is 12.8 Å². The maximum atomic E-state index is 12.7. The topological polar surface area (TPSA) is 56.6 Å². The lowest BCUT2D eigenvalue weighted by Crippen LogP contribution is -2.36. The fourth-order valence-electron chi connectivity index (χ4n) is 3.57. The highest BCUT2D eigenvalue weighted by atomic mass is 16.5. The third-order valence-corrected chi connectivity index (χ3v) is 4.56. The highest BCUT2D eigenvalue weighted by Gasteiger charge is 2.38. The molecule has 21 heavy (non-hydrogen) atoms. The van der Waals surface area contributed by atoms with Crippen LogP contribution < -0.4 is 4.74 Å². The first-order valence-electron chi connectivity index (χ1n) is 7.59. The molecule has 2 aliphatic heterocycles. The molecule has 1 aromatic rings. The first-order valence-corrected chi connectivity index (χ1v) is 7.59. The van der Waals surface area contributed by atoms with E-state index in [1.165, 1.54) is 0 Å². The Morgan fingerprint density at radius 2 is 2.24 bits per heavy atom. The summed E-state index contributed by atoms with van der Waals surface area (Å²) in [6.45, 7) is 4.06. The maximum absolute atomic E-state index is 12.7. The Labute approximate surface area is 125 Å². The van der Waals surface area contributed by atoms with Gasteiger partial charge in [0.25, 0.3) is 0 Å². The molecule has 0 spiro atoms. The number of carbonyl (C=O) groups excluding carboxylic acids is 1. The molecule has 0 bridgehead atoms. The van der Waals surface area contributed by atoms with Gasteiger partial charge in [0, 0.05) is 20.2 Å². The normalized spacial score (nSPS) is 25.6. The van der Waals surface area contributed by atoms with Crippen LogP contribution in [0.4, 0.5) is 0 Å². The number of nitrogens with zero attached hydrogens (tertiary/aromatic N) is 3. The number of methoxy groups -OCH3 is 1. The second kappa shape index (κ2) is 5.67. The van der Waals surface area contributed by atoms with Gasteiger partial charge in [-0.1, -0.05) is 0 Å². The van der Waals surface area contributed by atoms with Crippen molar-refractivity contribution in [3.63, 3.8) is 0 Å². The Bertz CT molecular complexity index is 535. The van der Waals surface area contributed by atoms with Gasteiger partial charge in [-0.25, -0.2) is 4.68 Å². The minimum atomic E-state index is 0.0218. The molecule has 6 nitrogen and oxygen atoms in total. The molecule has 2 atom stereocenters. The summed E-state index contributed by atoms with van der Waals surface area (Å²) >= 11 is 0. The number of likely N-dealkylation sites (tertiary alicyclic amines) is 1. The number of aromatic nitrogens is 2. The molecule has 3 rings (SSSR count). The molecule has 0 N–H and O–H groups in total. The van der Waals surface area contributed by atoms with Crippen LogP contribution in [0.5, 0.6) is 5.88 Å². The third-order valence-electron chi connectivity index (χ3n) is 4.56. The van der Waals surface area contributed by atoms with Crippen LogP contribution in [-0.2, 0) is 16.6 Å². The zero-order valence-electron chi connectivity index (χ0n) is 13.0. The molecule has 0 aromatic carbocycles. The zero-order valence-corrected chi connectivity index (χ0v) is 13.0. The molecule has 2 aliphatic rings. The van der Waals surface area contributed by atoms with E-state index in [1.807, 2.05) is 18.9 Å². The van der Waals surface area contributed by atoms with E-state index in [4.69, 9.17) is 9.47 Å². The highest BCUT2D eigenvalue weighted by Crippen LogP contribution is 2.39. The lowest BCUT2D eigenvalue weighted by atomic mass is 10.0. The average molecular weight is 293 g/mol. The summed E-state index contributed by atoms with van der Waals surface area (Å²) in [5.74, 6) is 1.01. The van der Waals surface area contributed by atoms with Gasteiger partial charge >= 0.3 is 0 Å². The van der Waals surface area contributed by atoms with Crippen LogP contribution in [0.25, 0.3) is 0 Å². The Balaban J connectivity index is 1.88. The van der Waals surface area contributed by atoms with Crippen molar-refractivity contribution in [1.82, 2.24) is 14.7 Å². The van der Waals surface area contributed by atoms with Crippen LogP contribution >= 0.6 is 0 Å². The smallest absolute Gasteiger partial charge is 0.228 e. The van der Waals surface area contributed by atoms with E-state index >= 15 is 0 Å². The van der Waals surface area contributed by atoms with Crippen molar-refractivity contribution < 1.29 is 14.3 Å². The maximum Gasteiger partial charge on any atom is 0.228 e. The summed E-state index contributed by atoms with van der Waals surface area (Å²) < 4.78 is 12.6. The van der Waals surface area contributed by atoms with Crippen molar-refractivity contribution in [1.29, 1.82) is 0 Å². The molecule has 0 radical (unpaired) electrons. The lowest BCUT2D eigenvalue weighted by Gasteiger charge is -2.27. The standard InChI is InChI=1S/C15H23N3O3/c1-10-13(15(20-3)17(2)16-10)12-5-4-7-18(12)14(19)11-6-8-21-9-11/h11-12H,4-9H2,1-3H3. The molecule has 1 aromatic heterocycles. The van der Waals surface area contributed by atoms with E-state index < -0.39 is 0 Å². The summed E-state index contributed by atoms with van der Waals surface area (Å²) in [7, 11) is 3.53. The van der Waals surface area contributed by atoms with Gasteiger partial charge in [-0.3, -0.25) is 4.79 Å². The fraction of sp³-hybridized carbons (Fsp3) is 0.733. The monoisotopic (exact) mass is 293 g/mol. The van der Waals surface area contributed by atoms with Crippen LogP contribution in [-0.4, -0.2) is 47.5 Å². The van der Waals surface area contributed by atoms with Gasteiger partial charge in [-0.05, 0) is 26.2 Å². The molecule has 3 heterocycles. The van der Waals surface area contributed by atoms with E-state index in [9.17, 15) is 4.79 Å². The van der Waals surface area contributed by atoms with Crippen molar-refractivity contribution in [3.05, 3.63) is 11.3 Å². The molecule has 2 fully saturated rings. The summed E-state index contributed by atoms with van der Waals surface area (Å²) in [4.78, 5) is 14.7. The van der Waals surface area contributed by atoms with Gasteiger partial charge in [0.15, 0.2) is 0 Å². The predicted octanol–water partition coefficient (Wildman–Crippen LogP) is 1.44. The molecular weight excluding hydrogens is 270 g/mol. The molecular formula is C15H23N3O3. The second-order valence-corrected chi connectivity index (χ2v) is 5.88. The van der Waals surface area contributed by atoms with Gasteiger partial charge in [0.05, 0.1) is 36.9 Å². The van der Waals surface area contributed by atoms with Crippen LogP contribution in [0.3, 0.4) is 0 Å². The van der Waals surface area contributed by atoms with Crippen LogP contribution in [0.1, 0.15) is 36.6 Å². The molecule has 116 valence electrons. The summed E-state index contributed by atoms with van der Waals surface area (Å²) in [5, 5.41) is 4.45. The van der Waals surface area contributed by atoms with E-state index in [2.05, 4.69) is 5.10 Å². The van der Waals surface area contributed by atoms with E-state index in [0.29, 0.717) is 13.2 Å². The van der Waals surface area contributed by atoms with Gasteiger partial charge in [-0.15, -0.1) is 0 Å². The molecule has 6 heteroatoms. The average Bonchev–Trinajstić information content (AvgIpc) is 3.16. The largest absolute Gasteiger partial charge is 0.481 e. The highest BCUT2D eigenvalue weighted by molar-refractivity contribution is 5.80. The summed E-state index contributed by atoms with van der Waals surface area (Å²) in [5.41, 5.74) is 2.01. The second-order valence-electron chi connectivity index (χ2n) is 5.88. The summed E-state index contributed by atoms with van der Waals surface area (Å²) in [6, 6.07) is 0.0850. The van der Waals surface area contributed by atoms with Crippen molar-refractivity contribution in [2.24, 2.45) is 13.0 Å². The minimum Gasteiger partial charge on any atom is -0.481 e. The van der Waals surface area contributed by atoms with E-state index in [-0.39, 0.29) is 17.9 Å². The zero-order chi connectivity index (χ0) is 15.0. The Morgan fingerprint density at radius 3 is 2.90 bits per heavy atom. The SMILES string of the molecule is COc1c(C2CCCN2C(=O)C2CCOC2)c(C)nn1C. The molecule has 0 aliphatic carbocycles. The van der Waals surface area contributed by atoms with Gasteiger partial charge < -0.3 is 14.4 Å².